The number of hydrogen-bond donors (Lipinski definition) is 1. The van der Waals surface area contributed by atoms with Crippen LogP contribution in [0.15, 0.2) is 62.7 Å². The van der Waals surface area contributed by atoms with Crippen LogP contribution in [-0.2, 0) is 0 Å². The van der Waals surface area contributed by atoms with E-state index in [1.807, 2.05) is 12.1 Å². The molecule has 0 aliphatic carbocycles. The van der Waals surface area contributed by atoms with Crippen LogP contribution in [0, 0.1) is 0 Å². The molecule has 0 fully saturated rings. The first kappa shape index (κ1) is 13.4. The lowest BCUT2D eigenvalue weighted by Crippen LogP contribution is -1.98. The topological polar surface area (TPSA) is 62.8 Å². The van der Waals surface area contributed by atoms with E-state index in [2.05, 4.69) is 4.99 Å². The maximum absolute atomic E-state index is 11.8. The minimum absolute atomic E-state index is 0.00331. The fraction of sp³-hybridized carbons (Fsp3) is 0. The predicted molar refractivity (Wildman–Crippen MR) is 82.9 cm³/mol. The molecule has 0 aliphatic heterocycles. The lowest BCUT2D eigenvalue weighted by atomic mass is 10.2. The third-order valence-electron chi connectivity index (χ3n) is 2.96. The van der Waals surface area contributed by atoms with Crippen LogP contribution in [0.25, 0.3) is 11.0 Å². The van der Waals surface area contributed by atoms with E-state index in [0.29, 0.717) is 16.2 Å². The Kier molecular flexibility index (Phi) is 3.46. The molecule has 0 amide bonds. The van der Waals surface area contributed by atoms with Crippen LogP contribution in [0.5, 0.6) is 5.75 Å². The number of fused-ring (bicyclic) bond motifs is 1. The second-order valence-corrected chi connectivity index (χ2v) is 4.85. The summed E-state index contributed by atoms with van der Waals surface area (Å²) < 4.78 is 5.18. The quantitative estimate of drug-likeness (QED) is 0.576. The van der Waals surface area contributed by atoms with Crippen molar-refractivity contribution in [2.45, 2.75) is 0 Å². The Balaban J connectivity index is 2.03. The van der Waals surface area contributed by atoms with Gasteiger partial charge in [0.2, 0.25) is 0 Å². The zero-order valence-electron chi connectivity index (χ0n) is 10.8. The van der Waals surface area contributed by atoms with Gasteiger partial charge in [-0.25, -0.2) is 9.79 Å². The normalized spacial score (nSPS) is 11.3. The Morgan fingerprint density at radius 2 is 1.95 bits per heavy atom. The van der Waals surface area contributed by atoms with Gasteiger partial charge in [0.05, 0.1) is 0 Å². The average molecular weight is 300 g/mol. The van der Waals surface area contributed by atoms with Gasteiger partial charge >= 0.3 is 5.63 Å². The van der Waals surface area contributed by atoms with Crippen LogP contribution >= 0.6 is 11.6 Å². The van der Waals surface area contributed by atoms with Crippen molar-refractivity contribution in [1.29, 1.82) is 0 Å². The van der Waals surface area contributed by atoms with Crippen LogP contribution in [0.3, 0.4) is 0 Å². The van der Waals surface area contributed by atoms with Crippen LogP contribution in [0.4, 0.5) is 5.69 Å². The Hall–Kier alpha value is -2.59. The molecule has 0 atom stereocenters. The molecule has 1 heterocycles. The SMILES string of the molecule is O=c1oc2ccccc2cc1N=Cc1ccc(Cl)cc1O. The number of nitrogens with zero attached hydrogens (tertiary/aromatic N) is 1. The van der Waals surface area contributed by atoms with Crippen LogP contribution in [0.2, 0.25) is 5.02 Å². The highest BCUT2D eigenvalue weighted by Crippen LogP contribution is 2.21. The zero-order chi connectivity index (χ0) is 14.8. The average Bonchev–Trinajstić information content (AvgIpc) is 2.46. The van der Waals surface area contributed by atoms with E-state index in [1.54, 1.807) is 30.3 Å². The minimum atomic E-state index is -0.529. The summed E-state index contributed by atoms with van der Waals surface area (Å²) in [6.07, 6.45) is 1.40. The van der Waals surface area contributed by atoms with E-state index in [0.717, 1.165) is 5.39 Å². The smallest absolute Gasteiger partial charge is 0.362 e. The molecule has 0 radical (unpaired) electrons. The van der Waals surface area contributed by atoms with Gasteiger partial charge in [-0.3, -0.25) is 0 Å². The summed E-state index contributed by atoms with van der Waals surface area (Å²) in [7, 11) is 0. The summed E-state index contributed by atoms with van der Waals surface area (Å²) in [5, 5.41) is 10.9. The molecule has 1 aromatic heterocycles. The van der Waals surface area contributed by atoms with E-state index in [4.69, 9.17) is 16.0 Å². The van der Waals surface area contributed by atoms with Crippen LogP contribution in [-0.4, -0.2) is 11.3 Å². The van der Waals surface area contributed by atoms with Crippen molar-refractivity contribution in [1.82, 2.24) is 0 Å². The summed E-state index contributed by atoms with van der Waals surface area (Å²) in [4.78, 5) is 15.9. The summed E-state index contributed by atoms with van der Waals surface area (Å²) in [5.74, 6) is -0.00331. The number of phenols is 1. The van der Waals surface area contributed by atoms with Crippen molar-refractivity contribution in [2.24, 2.45) is 4.99 Å². The molecule has 0 unspecified atom stereocenters. The van der Waals surface area contributed by atoms with Crippen molar-refractivity contribution >= 4 is 34.5 Å². The second-order valence-electron chi connectivity index (χ2n) is 4.42. The fourth-order valence-corrected chi connectivity index (χ4v) is 2.07. The van der Waals surface area contributed by atoms with Gasteiger partial charge in [0.15, 0.2) is 0 Å². The first-order valence-electron chi connectivity index (χ1n) is 6.19. The van der Waals surface area contributed by atoms with Gasteiger partial charge in [-0.15, -0.1) is 0 Å². The van der Waals surface area contributed by atoms with E-state index in [-0.39, 0.29) is 11.4 Å². The monoisotopic (exact) mass is 299 g/mol. The predicted octanol–water partition coefficient (Wildman–Crippen LogP) is 3.90. The number of phenolic OH excluding ortho intramolecular Hbond substituents is 1. The zero-order valence-corrected chi connectivity index (χ0v) is 11.5. The number of aromatic hydroxyl groups is 1. The Morgan fingerprint density at radius 3 is 2.76 bits per heavy atom. The maximum atomic E-state index is 11.8. The van der Waals surface area contributed by atoms with E-state index >= 15 is 0 Å². The molecule has 0 bridgehead atoms. The fourth-order valence-electron chi connectivity index (χ4n) is 1.91. The highest BCUT2D eigenvalue weighted by Gasteiger charge is 2.04. The van der Waals surface area contributed by atoms with Gasteiger partial charge in [-0.2, -0.15) is 0 Å². The van der Waals surface area contributed by atoms with Crippen molar-refractivity contribution in [2.75, 3.05) is 0 Å². The number of benzene rings is 2. The molecule has 2 aromatic carbocycles. The van der Waals surface area contributed by atoms with Gasteiger partial charge in [0.25, 0.3) is 0 Å². The summed E-state index contributed by atoms with van der Waals surface area (Å²) >= 11 is 5.76. The second kappa shape index (κ2) is 5.42. The molecule has 0 saturated carbocycles. The standard InChI is InChI=1S/C16H10ClNO3/c17-12-6-5-11(14(19)8-12)9-18-13-7-10-3-1-2-4-15(10)21-16(13)20/h1-9,19H. The van der Waals surface area contributed by atoms with Gasteiger partial charge in [-0.1, -0.05) is 29.8 Å². The number of aliphatic imine (C=N–C) groups is 1. The summed E-state index contributed by atoms with van der Waals surface area (Å²) in [5.41, 5.74) is 0.615. The summed E-state index contributed by atoms with van der Waals surface area (Å²) in [6.45, 7) is 0. The largest absolute Gasteiger partial charge is 0.507 e. The van der Waals surface area contributed by atoms with Crippen LogP contribution in [0.1, 0.15) is 5.56 Å². The minimum Gasteiger partial charge on any atom is -0.507 e. The molecular weight excluding hydrogens is 290 g/mol. The van der Waals surface area contributed by atoms with E-state index in [1.165, 1.54) is 12.3 Å². The maximum Gasteiger partial charge on any atom is 0.362 e. The number of halogens is 1. The molecule has 21 heavy (non-hydrogen) atoms. The lowest BCUT2D eigenvalue weighted by molar-refractivity contribution is 0.474. The van der Waals surface area contributed by atoms with E-state index < -0.39 is 5.63 Å². The van der Waals surface area contributed by atoms with Crippen molar-refractivity contribution in [3.8, 4) is 5.75 Å². The summed E-state index contributed by atoms with van der Waals surface area (Å²) in [6, 6.07) is 13.5. The molecule has 0 saturated heterocycles. The highest BCUT2D eigenvalue weighted by atomic mass is 35.5. The Labute approximate surface area is 124 Å². The van der Waals surface area contributed by atoms with Gasteiger partial charge in [-0.05, 0) is 30.3 Å². The first-order chi connectivity index (χ1) is 10.1. The molecular formula is C16H10ClNO3. The Bertz CT molecular complexity index is 899. The number of rotatable bonds is 2. The van der Waals surface area contributed by atoms with Gasteiger partial charge in [0.1, 0.15) is 17.0 Å². The molecule has 1 N–H and O–H groups in total. The Morgan fingerprint density at radius 1 is 1.14 bits per heavy atom. The molecule has 104 valence electrons. The number of para-hydroxylation sites is 1. The third kappa shape index (κ3) is 2.80. The van der Waals surface area contributed by atoms with Gasteiger partial charge < -0.3 is 9.52 Å². The first-order valence-corrected chi connectivity index (χ1v) is 6.57. The molecule has 0 aliphatic rings. The number of hydrogen-bond acceptors (Lipinski definition) is 4. The lowest BCUT2D eigenvalue weighted by Gasteiger charge is -1.99. The van der Waals surface area contributed by atoms with E-state index in [9.17, 15) is 9.90 Å². The third-order valence-corrected chi connectivity index (χ3v) is 3.19. The van der Waals surface area contributed by atoms with Crippen molar-refractivity contribution < 1.29 is 9.52 Å². The van der Waals surface area contributed by atoms with Crippen LogP contribution < -0.4 is 5.63 Å². The van der Waals surface area contributed by atoms with Gasteiger partial charge in [0, 0.05) is 22.2 Å². The molecule has 4 nitrogen and oxygen atoms in total. The molecule has 3 aromatic rings. The van der Waals surface area contributed by atoms with Crippen molar-refractivity contribution in [3.05, 3.63) is 69.5 Å². The molecule has 0 spiro atoms. The molecule has 5 heteroatoms. The highest BCUT2D eigenvalue weighted by molar-refractivity contribution is 6.30. The molecule has 3 rings (SSSR count). The van der Waals surface area contributed by atoms with Crippen molar-refractivity contribution in [3.63, 3.8) is 0 Å².